The quantitative estimate of drug-likeness (QED) is 0.230. The van der Waals surface area contributed by atoms with Gasteiger partial charge in [0.1, 0.15) is 5.78 Å². The Labute approximate surface area is 227 Å². The maximum Gasteiger partial charge on any atom is 0.173 e. The lowest BCUT2D eigenvalue weighted by Gasteiger charge is -2.62. The highest BCUT2D eigenvalue weighted by molar-refractivity contribution is 6.31. The first-order valence-corrected chi connectivity index (χ1v) is 16.3. The van der Waals surface area contributed by atoms with Crippen LogP contribution < -0.4 is 0 Å². The third-order valence-corrected chi connectivity index (χ3v) is 13.4. The molecular formula is C33H50O3Si. The molecule has 204 valence electrons. The van der Waals surface area contributed by atoms with Crippen LogP contribution in [0, 0.1) is 46.3 Å². The van der Waals surface area contributed by atoms with Crippen LogP contribution in [0.15, 0.2) is 30.3 Å². The van der Waals surface area contributed by atoms with Crippen molar-refractivity contribution in [2.75, 3.05) is 0 Å². The minimum Gasteiger partial charge on any atom is -0.418 e. The number of carbonyl (C=O) groups excluding carboxylic acids is 2. The Hall–Kier alpha value is -1.26. The molecule has 4 saturated carbocycles. The van der Waals surface area contributed by atoms with Crippen LogP contribution in [0.1, 0.15) is 110 Å². The number of hydrogen-bond donors (Lipinski definition) is 0. The second kappa shape index (κ2) is 9.43. The lowest BCUT2D eigenvalue weighted by molar-refractivity contribution is -0.151. The van der Waals surface area contributed by atoms with Crippen LogP contribution in [0.5, 0.6) is 0 Å². The lowest BCUT2D eigenvalue weighted by Crippen LogP contribution is -2.58. The van der Waals surface area contributed by atoms with E-state index in [0.29, 0.717) is 34.3 Å². The van der Waals surface area contributed by atoms with Crippen LogP contribution >= 0.6 is 0 Å². The molecule has 4 aliphatic rings. The molecule has 3 unspecified atom stereocenters. The van der Waals surface area contributed by atoms with E-state index in [0.717, 1.165) is 24.7 Å². The predicted molar refractivity (Wildman–Crippen MR) is 153 cm³/mol. The Bertz CT molecular complexity index is 1030. The summed E-state index contributed by atoms with van der Waals surface area (Å²) >= 11 is 0. The standard InChI is InChI=1S/C33H50O3Si/c1-30(2,3)37-36-31(4,5)27-16-15-23-22-13-14-25-28(29(35)21-11-9-8-10-12-21)26(34)18-20-32(25,6)24(22)17-19-33(23,27)7/h8-12,22-25,27-28H,13-20,37H2,1-7H3/t22-,23-,24+,25?,27?,28?,32+,33-/m0/s1. The van der Waals surface area contributed by atoms with Crippen LogP contribution in [0.2, 0.25) is 5.04 Å². The van der Waals surface area contributed by atoms with Gasteiger partial charge in [-0.1, -0.05) is 65.0 Å². The molecule has 0 aliphatic heterocycles. The van der Waals surface area contributed by atoms with Gasteiger partial charge in [0.05, 0.1) is 11.5 Å². The monoisotopic (exact) mass is 522 g/mol. The van der Waals surface area contributed by atoms with Gasteiger partial charge in [0, 0.05) is 12.0 Å². The second-order valence-corrected chi connectivity index (χ2v) is 18.1. The highest BCUT2D eigenvalue weighted by Crippen LogP contribution is 2.69. The van der Waals surface area contributed by atoms with E-state index in [1.807, 2.05) is 30.3 Å². The van der Waals surface area contributed by atoms with Crippen molar-refractivity contribution in [1.82, 2.24) is 0 Å². The molecule has 1 aromatic rings. The van der Waals surface area contributed by atoms with Crippen LogP contribution in [0.4, 0.5) is 0 Å². The summed E-state index contributed by atoms with van der Waals surface area (Å²) in [6.45, 7) is 16.8. The van der Waals surface area contributed by atoms with Crippen molar-refractivity contribution in [1.29, 1.82) is 0 Å². The van der Waals surface area contributed by atoms with Crippen LogP contribution in [-0.4, -0.2) is 26.9 Å². The maximum atomic E-state index is 13.7. The van der Waals surface area contributed by atoms with E-state index in [-0.39, 0.29) is 28.5 Å². The highest BCUT2D eigenvalue weighted by Gasteiger charge is 2.64. The van der Waals surface area contributed by atoms with Gasteiger partial charge in [-0.25, -0.2) is 0 Å². The van der Waals surface area contributed by atoms with Gasteiger partial charge in [-0.05, 0) is 104 Å². The molecule has 0 aromatic heterocycles. The molecule has 3 nitrogen and oxygen atoms in total. The van der Waals surface area contributed by atoms with Gasteiger partial charge in [-0.15, -0.1) is 0 Å². The Morgan fingerprint density at radius 3 is 2.19 bits per heavy atom. The molecule has 4 aliphatic carbocycles. The third-order valence-electron chi connectivity index (χ3n) is 11.7. The normalized spacial score (nSPS) is 40.4. The molecule has 4 fully saturated rings. The van der Waals surface area contributed by atoms with Crippen molar-refractivity contribution in [3.8, 4) is 0 Å². The maximum absolute atomic E-state index is 13.7. The van der Waals surface area contributed by atoms with Crippen LogP contribution in [0.3, 0.4) is 0 Å². The van der Waals surface area contributed by atoms with Gasteiger partial charge in [0.2, 0.25) is 0 Å². The molecule has 0 heterocycles. The van der Waals surface area contributed by atoms with Gasteiger partial charge in [0.25, 0.3) is 0 Å². The molecule has 0 saturated heterocycles. The Balaban J connectivity index is 1.38. The van der Waals surface area contributed by atoms with Gasteiger partial charge in [-0.2, -0.15) is 0 Å². The summed E-state index contributed by atoms with van der Waals surface area (Å²) in [5, 5.41) is 0.312. The average Bonchev–Trinajstić information content (AvgIpc) is 3.21. The van der Waals surface area contributed by atoms with Crippen LogP contribution in [-0.2, 0) is 9.22 Å². The molecule has 0 bridgehead atoms. The van der Waals surface area contributed by atoms with Gasteiger partial charge < -0.3 is 4.43 Å². The van der Waals surface area contributed by atoms with E-state index >= 15 is 0 Å². The van der Waals surface area contributed by atoms with Gasteiger partial charge in [0.15, 0.2) is 15.5 Å². The first-order valence-electron chi connectivity index (χ1n) is 15.0. The summed E-state index contributed by atoms with van der Waals surface area (Å²) in [6, 6.07) is 9.57. The molecule has 1 aromatic carbocycles. The summed E-state index contributed by atoms with van der Waals surface area (Å²) in [5.41, 5.74) is 1.09. The van der Waals surface area contributed by atoms with E-state index in [2.05, 4.69) is 48.5 Å². The summed E-state index contributed by atoms with van der Waals surface area (Å²) in [4.78, 5) is 26.9. The summed E-state index contributed by atoms with van der Waals surface area (Å²) in [7, 11) is -0.601. The van der Waals surface area contributed by atoms with E-state index in [1.54, 1.807) is 0 Å². The molecular weight excluding hydrogens is 472 g/mol. The topological polar surface area (TPSA) is 43.4 Å². The van der Waals surface area contributed by atoms with Crippen molar-refractivity contribution in [3.63, 3.8) is 0 Å². The average molecular weight is 523 g/mol. The molecule has 8 atom stereocenters. The fourth-order valence-corrected chi connectivity index (χ4v) is 10.9. The van der Waals surface area contributed by atoms with Crippen LogP contribution in [0.25, 0.3) is 0 Å². The van der Waals surface area contributed by atoms with Crippen molar-refractivity contribution >= 4 is 21.3 Å². The van der Waals surface area contributed by atoms with Crippen molar-refractivity contribution < 1.29 is 14.0 Å². The first-order chi connectivity index (χ1) is 17.3. The van der Waals surface area contributed by atoms with E-state index in [9.17, 15) is 9.59 Å². The minimum atomic E-state index is -0.601. The minimum absolute atomic E-state index is 0.0542. The fraction of sp³-hybridized carbons (Fsp3) is 0.758. The SMILES string of the molecule is CC(C)(C)[SiH2]OC(C)(C)C1CC[C@H]2[C@@H]3CCC4C(C(=O)c5ccccc5)C(=O)CC[C@]4(C)[C@@H]3CC[C@]12C. The van der Waals surface area contributed by atoms with E-state index < -0.39 is 15.7 Å². The Kier molecular flexibility index (Phi) is 6.96. The molecule has 0 amide bonds. The number of rotatable bonds is 5. The predicted octanol–water partition coefficient (Wildman–Crippen LogP) is 7.42. The first kappa shape index (κ1) is 27.3. The molecule has 37 heavy (non-hydrogen) atoms. The summed E-state index contributed by atoms with van der Waals surface area (Å²) in [5.74, 6) is 2.74. The molecule has 0 spiro atoms. The lowest BCUT2D eigenvalue weighted by atomic mass is 9.42. The summed E-state index contributed by atoms with van der Waals surface area (Å²) in [6.07, 6.45) is 8.86. The molecule has 5 rings (SSSR count). The highest BCUT2D eigenvalue weighted by atomic mass is 28.2. The number of ketones is 2. The van der Waals surface area contributed by atoms with E-state index in [1.165, 1.54) is 32.1 Å². The fourth-order valence-electron chi connectivity index (χ4n) is 9.93. The number of hydrogen-bond acceptors (Lipinski definition) is 3. The number of Topliss-reactive ketones (excluding diaryl/α,β-unsaturated/α-hetero) is 2. The Morgan fingerprint density at radius 2 is 1.51 bits per heavy atom. The number of benzene rings is 1. The number of carbonyl (C=O) groups is 2. The third kappa shape index (κ3) is 4.62. The van der Waals surface area contributed by atoms with Crippen molar-refractivity contribution in [2.45, 2.75) is 110 Å². The zero-order chi connectivity index (χ0) is 26.8. The molecule has 0 N–H and O–H groups in total. The van der Waals surface area contributed by atoms with Gasteiger partial charge in [-0.3, -0.25) is 9.59 Å². The second-order valence-electron chi connectivity index (χ2n) is 15.4. The van der Waals surface area contributed by atoms with E-state index in [4.69, 9.17) is 4.43 Å². The Morgan fingerprint density at radius 1 is 0.865 bits per heavy atom. The summed E-state index contributed by atoms with van der Waals surface area (Å²) < 4.78 is 6.79. The largest absolute Gasteiger partial charge is 0.418 e. The molecule has 4 heteroatoms. The van der Waals surface area contributed by atoms with Crippen molar-refractivity contribution in [3.05, 3.63) is 35.9 Å². The number of fused-ring (bicyclic) bond motifs is 5. The van der Waals surface area contributed by atoms with Crippen molar-refractivity contribution in [2.24, 2.45) is 46.3 Å². The molecule has 0 radical (unpaired) electrons. The smallest absolute Gasteiger partial charge is 0.173 e. The zero-order valence-electron chi connectivity index (χ0n) is 24.4. The van der Waals surface area contributed by atoms with Gasteiger partial charge >= 0.3 is 0 Å². The zero-order valence-corrected chi connectivity index (χ0v) is 25.9.